The summed E-state index contributed by atoms with van der Waals surface area (Å²) in [6.07, 6.45) is 1.00. The van der Waals surface area contributed by atoms with Gasteiger partial charge in [-0.3, -0.25) is 4.90 Å². The van der Waals surface area contributed by atoms with E-state index in [-0.39, 0.29) is 0 Å². The molecule has 1 aromatic rings. The molecule has 0 aliphatic carbocycles. The van der Waals surface area contributed by atoms with Gasteiger partial charge in [0.25, 0.3) is 0 Å². The minimum atomic E-state index is 0.736. The highest BCUT2D eigenvalue weighted by Crippen LogP contribution is 2.23. The highest BCUT2D eigenvalue weighted by molar-refractivity contribution is 5.98. The second-order valence-electron chi connectivity index (χ2n) is 5.27. The Hall–Kier alpha value is -1.59. The first-order chi connectivity index (χ1) is 10.2. The Morgan fingerprint density at radius 2 is 2.14 bits per heavy atom. The summed E-state index contributed by atoms with van der Waals surface area (Å²) in [6.45, 7) is 9.15. The quantitative estimate of drug-likeness (QED) is 0.495. The standard InChI is InChI=1S/C16H25N3O2/c1-3-8-21-16-5-4-14(13(2)18-17)11-15(16)12-19-6-9-20-10-7-19/h4-5,11H,3,6-10,12,17H2,1-2H3/b18-13-. The molecule has 1 heterocycles. The summed E-state index contributed by atoms with van der Waals surface area (Å²) in [5, 5.41) is 3.78. The molecule has 21 heavy (non-hydrogen) atoms. The highest BCUT2D eigenvalue weighted by Gasteiger charge is 2.14. The van der Waals surface area contributed by atoms with Crippen LogP contribution >= 0.6 is 0 Å². The molecule has 0 bridgehead atoms. The van der Waals surface area contributed by atoms with Crippen LogP contribution in [-0.4, -0.2) is 43.5 Å². The van der Waals surface area contributed by atoms with E-state index < -0.39 is 0 Å². The van der Waals surface area contributed by atoms with Gasteiger partial charge in [0.05, 0.1) is 25.5 Å². The molecule has 0 spiro atoms. The Bertz CT molecular complexity index is 482. The van der Waals surface area contributed by atoms with E-state index in [0.29, 0.717) is 0 Å². The molecule has 1 aliphatic rings. The lowest BCUT2D eigenvalue weighted by Gasteiger charge is -2.27. The van der Waals surface area contributed by atoms with Crippen LogP contribution in [0.3, 0.4) is 0 Å². The van der Waals surface area contributed by atoms with E-state index in [1.165, 1.54) is 5.56 Å². The zero-order valence-electron chi connectivity index (χ0n) is 13.0. The van der Waals surface area contributed by atoms with Crippen LogP contribution in [0, 0.1) is 0 Å². The third-order valence-electron chi connectivity index (χ3n) is 3.63. The molecule has 0 saturated carbocycles. The Balaban J connectivity index is 2.19. The summed E-state index contributed by atoms with van der Waals surface area (Å²) >= 11 is 0. The smallest absolute Gasteiger partial charge is 0.123 e. The van der Waals surface area contributed by atoms with Crippen LogP contribution in [0.15, 0.2) is 23.3 Å². The molecular formula is C16H25N3O2. The molecule has 0 amide bonds. The van der Waals surface area contributed by atoms with Crippen LogP contribution in [-0.2, 0) is 11.3 Å². The third kappa shape index (κ3) is 4.44. The second-order valence-corrected chi connectivity index (χ2v) is 5.27. The predicted molar refractivity (Wildman–Crippen MR) is 84.7 cm³/mol. The van der Waals surface area contributed by atoms with E-state index >= 15 is 0 Å². The third-order valence-corrected chi connectivity index (χ3v) is 3.63. The van der Waals surface area contributed by atoms with Gasteiger partial charge in [-0.25, -0.2) is 0 Å². The van der Waals surface area contributed by atoms with Crippen molar-refractivity contribution >= 4 is 5.71 Å². The van der Waals surface area contributed by atoms with Gasteiger partial charge in [0, 0.05) is 25.2 Å². The van der Waals surface area contributed by atoms with Crippen molar-refractivity contribution in [2.45, 2.75) is 26.8 Å². The number of ether oxygens (including phenoxy) is 2. The molecule has 2 rings (SSSR count). The van der Waals surface area contributed by atoms with Crippen LogP contribution in [0.2, 0.25) is 0 Å². The van der Waals surface area contributed by atoms with Gasteiger partial charge in [-0.1, -0.05) is 6.92 Å². The number of hydrazone groups is 1. The number of rotatable bonds is 6. The molecule has 0 unspecified atom stereocenters. The lowest BCUT2D eigenvalue weighted by atomic mass is 10.1. The fraction of sp³-hybridized carbons (Fsp3) is 0.562. The number of nitrogens with zero attached hydrogens (tertiary/aromatic N) is 2. The van der Waals surface area contributed by atoms with Gasteiger partial charge in [-0.15, -0.1) is 0 Å². The summed E-state index contributed by atoms with van der Waals surface area (Å²) in [6, 6.07) is 6.17. The van der Waals surface area contributed by atoms with E-state index in [1.54, 1.807) is 0 Å². The molecule has 1 fully saturated rings. The molecule has 116 valence electrons. The summed E-state index contributed by atoms with van der Waals surface area (Å²) in [5.74, 6) is 6.34. The highest BCUT2D eigenvalue weighted by atomic mass is 16.5. The second kappa shape index (κ2) is 8.00. The lowest BCUT2D eigenvalue weighted by Crippen LogP contribution is -2.35. The van der Waals surface area contributed by atoms with Crippen LogP contribution in [0.5, 0.6) is 5.75 Å². The molecule has 0 aromatic heterocycles. The molecule has 0 atom stereocenters. The molecule has 1 saturated heterocycles. The average Bonchev–Trinajstić information content (AvgIpc) is 2.54. The Labute approximate surface area is 126 Å². The minimum Gasteiger partial charge on any atom is -0.493 e. The summed E-state index contributed by atoms with van der Waals surface area (Å²) in [7, 11) is 0. The minimum absolute atomic E-state index is 0.736. The van der Waals surface area contributed by atoms with Crippen molar-refractivity contribution < 1.29 is 9.47 Å². The predicted octanol–water partition coefficient (Wildman–Crippen LogP) is 1.99. The fourth-order valence-electron chi connectivity index (χ4n) is 2.36. The van der Waals surface area contributed by atoms with Gasteiger partial charge in [0.2, 0.25) is 0 Å². The fourth-order valence-corrected chi connectivity index (χ4v) is 2.36. The molecule has 5 nitrogen and oxygen atoms in total. The number of nitrogens with two attached hydrogens (primary N) is 1. The lowest BCUT2D eigenvalue weighted by molar-refractivity contribution is 0.0338. The first kappa shape index (κ1) is 15.8. The van der Waals surface area contributed by atoms with Gasteiger partial charge in [0.15, 0.2) is 0 Å². The van der Waals surface area contributed by atoms with E-state index in [0.717, 1.165) is 62.9 Å². The average molecular weight is 291 g/mol. The monoisotopic (exact) mass is 291 g/mol. The number of hydrogen-bond donors (Lipinski definition) is 1. The van der Waals surface area contributed by atoms with Crippen molar-refractivity contribution in [3.63, 3.8) is 0 Å². The number of benzene rings is 1. The van der Waals surface area contributed by atoms with Crippen molar-refractivity contribution in [3.05, 3.63) is 29.3 Å². The van der Waals surface area contributed by atoms with E-state index in [2.05, 4.69) is 23.0 Å². The largest absolute Gasteiger partial charge is 0.493 e. The Kier molecular flexibility index (Phi) is 6.02. The zero-order valence-corrected chi connectivity index (χ0v) is 13.0. The van der Waals surface area contributed by atoms with Crippen LogP contribution in [0.1, 0.15) is 31.4 Å². The maximum Gasteiger partial charge on any atom is 0.123 e. The maximum atomic E-state index is 5.87. The van der Waals surface area contributed by atoms with Gasteiger partial charge >= 0.3 is 0 Å². The molecule has 0 radical (unpaired) electrons. The first-order valence-electron chi connectivity index (χ1n) is 7.55. The normalized spacial score (nSPS) is 17.0. The van der Waals surface area contributed by atoms with Crippen molar-refractivity contribution in [2.75, 3.05) is 32.9 Å². The van der Waals surface area contributed by atoms with Crippen molar-refractivity contribution in [1.82, 2.24) is 4.90 Å². The summed E-state index contributed by atoms with van der Waals surface area (Å²) < 4.78 is 11.3. The topological polar surface area (TPSA) is 60.1 Å². The van der Waals surface area contributed by atoms with Crippen LogP contribution in [0.25, 0.3) is 0 Å². The zero-order chi connectivity index (χ0) is 15.1. The maximum absolute atomic E-state index is 5.87. The Morgan fingerprint density at radius 1 is 1.38 bits per heavy atom. The van der Waals surface area contributed by atoms with Crippen molar-refractivity contribution in [2.24, 2.45) is 10.9 Å². The van der Waals surface area contributed by atoms with Crippen LogP contribution in [0.4, 0.5) is 0 Å². The van der Waals surface area contributed by atoms with Gasteiger partial charge in [-0.2, -0.15) is 5.10 Å². The first-order valence-corrected chi connectivity index (χ1v) is 7.55. The van der Waals surface area contributed by atoms with Gasteiger partial charge < -0.3 is 15.3 Å². The van der Waals surface area contributed by atoms with E-state index in [1.807, 2.05) is 19.1 Å². The van der Waals surface area contributed by atoms with Gasteiger partial charge in [-0.05, 0) is 37.1 Å². The molecule has 1 aromatic carbocycles. The van der Waals surface area contributed by atoms with Crippen molar-refractivity contribution in [1.29, 1.82) is 0 Å². The summed E-state index contributed by atoms with van der Waals surface area (Å²) in [4.78, 5) is 2.39. The van der Waals surface area contributed by atoms with Crippen molar-refractivity contribution in [3.8, 4) is 5.75 Å². The number of morpholine rings is 1. The van der Waals surface area contributed by atoms with E-state index in [4.69, 9.17) is 15.3 Å². The van der Waals surface area contributed by atoms with Gasteiger partial charge in [0.1, 0.15) is 5.75 Å². The van der Waals surface area contributed by atoms with E-state index in [9.17, 15) is 0 Å². The van der Waals surface area contributed by atoms with Crippen LogP contribution < -0.4 is 10.6 Å². The molecular weight excluding hydrogens is 266 g/mol. The SMILES string of the molecule is CCCOc1ccc(/C(C)=N\N)cc1CN1CCOCC1. The Morgan fingerprint density at radius 3 is 2.81 bits per heavy atom. The molecule has 1 aliphatic heterocycles. The summed E-state index contributed by atoms with van der Waals surface area (Å²) in [5.41, 5.74) is 3.07. The molecule has 5 heteroatoms. The number of hydrogen-bond acceptors (Lipinski definition) is 5. The molecule has 2 N–H and O–H groups in total.